The second-order valence-corrected chi connectivity index (χ2v) is 5.20. The van der Waals surface area contributed by atoms with Gasteiger partial charge < -0.3 is 19.6 Å². The highest BCUT2D eigenvalue weighted by atomic mass is 16.5. The Morgan fingerprint density at radius 1 is 1.38 bits per heavy atom. The molecule has 2 N–H and O–H groups in total. The van der Waals surface area contributed by atoms with Gasteiger partial charge in [-0.25, -0.2) is 0 Å². The Morgan fingerprint density at radius 3 is 2.67 bits per heavy atom. The van der Waals surface area contributed by atoms with Crippen molar-refractivity contribution >= 4 is 18.0 Å². The molecular formula is C15H19NO5. The molecule has 1 aromatic rings. The van der Waals surface area contributed by atoms with Crippen LogP contribution < -0.4 is 5.32 Å². The van der Waals surface area contributed by atoms with Crippen molar-refractivity contribution in [3.63, 3.8) is 0 Å². The number of rotatable bonds is 5. The number of aliphatic carboxylic acids is 1. The Hall–Kier alpha value is -2.08. The van der Waals surface area contributed by atoms with E-state index >= 15 is 0 Å². The number of carboxylic acids is 1. The topological polar surface area (TPSA) is 88.8 Å². The molecule has 0 spiro atoms. The Morgan fingerprint density at radius 2 is 2.10 bits per heavy atom. The molecule has 0 aromatic carbocycles. The minimum Gasteiger partial charge on any atom is -0.481 e. The molecule has 1 amide bonds. The first kappa shape index (κ1) is 15.3. The quantitative estimate of drug-likeness (QED) is 0.805. The summed E-state index contributed by atoms with van der Waals surface area (Å²) < 4.78 is 10.5. The van der Waals surface area contributed by atoms with Crippen LogP contribution in [0.3, 0.4) is 0 Å². The normalized spacial score (nSPS) is 17.8. The molecule has 6 heteroatoms. The van der Waals surface area contributed by atoms with E-state index in [-0.39, 0.29) is 12.5 Å². The van der Waals surface area contributed by atoms with Gasteiger partial charge in [-0.1, -0.05) is 0 Å². The van der Waals surface area contributed by atoms with Crippen LogP contribution in [0.4, 0.5) is 0 Å². The lowest BCUT2D eigenvalue weighted by molar-refractivity contribution is -0.154. The second-order valence-electron chi connectivity index (χ2n) is 5.20. The summed E-state index contributed by atoms with van der Waals surface area (Å²) in [5, 5.41) is 12.0. The number of furan rings is 1. The number of aryl methyl sites for hydroxylation is 1. The van der Waals surface area contributed by atoms with Crippen molar-refractivity contribution in [2.24, 2.45) is 5.41 Å². The van der Waals surface area contributed by atoms with E-state index in [2.05, 4.69) is 5.32 Å². The fraction of sp³-hybridized carbons (Fsp3) is 0.467. The van der Waals surface area contributed by atoms with Crippen LogP contribution in [-0.2, 0) is 14.3 Å². The third-order valence-electron chi connectivity index (χ3n) is 3.66. The number of nitrogens with one attached hydrogen (secondary N) is 1. The van der Waals surface area contributed by atoms with E-state index in [1.807, 2.05) is 6.92 Å². The highest BCUT2D eigenvalue weighted by molar-refractivity contribution is 5.91. The highest BCUT2D eigenvalue weighted by Crippen LogP contribution is 2.30. The molecule has 2 rings (SSSR count). The maximum atomic E-state index is 11.8. The molecule has 0 radical (unpaired) electrons. The van der Waals surface area contributed by atoms with Gasteiger partial charge in [0.2, 0.25) is 5.91 Å². The predicted molar refractivity (Wildman–Crippen MR) is 75.6 cm³/mol. The summed E-state index contributed by atoms with van der Waals surface area (Å²) in [5.41, 5.74) is -0.928. The second kappa shape index (κ2) is 6.58. The van der Waals surface area contributed by atoms with E-state index in [0.717, 1.165) is 5.76 Å². The third-order valence-corrected chi connectivity index (χ3v) is 3.66. The van der Waals surface area contributed by atoms with E-state index in [0.29, 0.717) is 31.8 Å². The fourth-order valence-corrected chi connectivity index (χ4v) is 2.24. The smallest absolute Gasteiger partial charge is 0.311 e. The average Bonchev–Trinajstić information content (AvgIpc) is 2.89. The van der Waals surface area contributed by atoms with Crippen LogP contribution in [0.15, 0.2) is 22.6 Å². The van der Waals surface area contributed by atoms with Gasteiger partial charge in [-0.05, 0) is 38.0 Å². The number of amides is 1. The fourth-order valence-electron chi connectivity index (χ4n) is 2.24. The van der Waals surface area contributed by atoms with Crippen LogP contribution in [0.1, 0.15) is 24.4 Å². The monoisotopic (exact) mass is 293 g/mol. The van der Waals surface area contributed by atoms with Gasteiger partial charge in [-0.2, -0.15) is 0 Å². The standard InChI is InChI=1S/C15H19NO5/c1-11-2-3-12(21-11)4-5-13(17)16-10-15(14(18)19)6-8-20-9-7-15/h2-5H,6-10H2,1H3,(H,16,17)(H,18,19)/b5-4+. The van der Waals surface area contributed by atoms with Crippen LogP contribution >= 0.6 is 0 Å². The summed E-state index contributed by atoms with van der Waals surface area (Å²) in [4.78, 5) is 23.2. The molecular weight excluding hydrogens is 274 g/mol. The van der Waals surface area contributed by atoms with Crippen LogP contribution in [0.2, 0.25) is 0 Å². The zero-order chi connectivity index (χ0) is 15.3. The molecule has 21 heavy (non-hydrogen) atoms. The molecule has 0 aliphatic carbocycles. The molecule has 0 bridgehead atoms. The van der Waals surface area contributed by atoms with Crippen LogP contribution in [0.5, 0.6) is 0 Å². The molecule has 0 atom stereocenters. The lowest BCUT2D eigenvalue weighted by Crippen LogP contribution is -2.46. The highest BCUT2D eigenvalue weighted by Gasteiger charge is 2.40. The lowest BCUT2D eigenvalue weighted by atomic mass is 9.80. The van der Waals surface area contributed by atoms with Crippen molar-refractivity contribution in [2.45, 2.75) is 19.8 Å². The zero-order valence-corrected chi connectivity index (χ0v) is 11.9. The van der Waals surface area contributed by atoms with Gasteiger partial charge in [0.1, 0.15) is 11.5 Å². The summed E-state index contributed by atoms with van der Waals surface area (Å²) in [6.07, 6.45) is 3.71. The molecule has 1 saturated heterocycles. The molecule has 1 aromatic heterocycles. The molecule has 6 nitrogen and oxygen atoms in total. The van der Waals surface area contributed by atoms with E-state index < -0.39 is 11.4 Å². The summed E-state index contributed by atoms with van der Waals surface area (Å²) in [6.45, 7) is 2.73. The molecule has 0 saturated carbocycles. The molecule has 2 heterocycles. The van der Waals surface area contributed by atoms with Crippen LogP contribution in [0.25, 0.3) is 6.08 Å². The SMILES string of the molecule is Cc1ccc(/C=C/C(=O)NCC2(C(=O)O)CCOCC2)o1. The number of ether oxygens (including phenoxy) is 1. The maximum absolute atomic E-state index is 11.8. The van der Waals surface area contributed by atoms with Gasteiger partial charge in [-0.3, -0.25) is 9.59 Å². The van der Waals surface area contributed by atoms with Crippen molar-refractivity contribution in [1.82, 2.24) is 5.32 Å². The van der Waals surface area contributed by atoms with Crippen molar-refractivity contribution < 1.29 is 23.8 Å². The first-order chi connectivity index (χ1) is 10.0. The van der Waals surface area contributed by atoms with Crippen molar-refractivity contribution in [3.8, 4) is 0 Å². The summed E-state index contributed by atoms with van der Waals surface area (Å²) in [7, 11) is 0. The molecule has 1 aliphatic heterocycles. The predicted octanol–water partition coefficient (Wildman–Crippen LogP) is 1.60. The largest absolute Gasteiger partial charge is 0.481 e. The maximum Gasteiger partial charge on any atom is 0.311 e. The Bertz CT molecular complexity index is 540. The first-order valence-electron chi connectivity index (χ1n) is 6.85. The van der Waals surface area contributed by atoms with Crippen molar-refractivity contribution in [2.75, 3.05) is 19.8 Å². The minimum atomic E-state index is -0.928. The molecule has 1 aliphatic rings. The molecule has 0 unspecified atom stereocenters. The number of carboxylic acid groups (broad SMARTS) is 1. The van der Waals surface area contributed by atoms with Crippen molar-refractivity contribution in [3.05, 3.63) is 29.7 Å². The van der Waals surface area contributed by atoms with Gasteiger partial charge in [-0.15, -0.1) is 0 Å². The van der Waals surface area contributed by atoms with E-state index in [1.54, 1.807) is 18.2 Å². The van der Waals surface area contributed by atoms with Gasteiger partial charge in [0.05, 0.1) is 5.41 Å². The molecule has 114 valence electrons. The minimum absolute atomic E-state index is 0.103. The van der Waals surface area contributed by atoms with Gasteiger partial charge in [0, 0.05) is 25.8 Å². The lowest BCUT2D eigenvalue weighted by Gasteiger charge is -2.32. The van der Waals surface area contributed by atoms with E-state index in [1.165, 1.54) is 6.08 Å². The molecule has 1 fully saturated rings. The van der Waals surface area contributed by atoms with Crippen molar-refractivity contribution in [1.29, 1.82) is 0 Å². The Kier molecular flexibility index (Phi) is 4.80. The average molecular weight is 293 g/mol. The van der Waals surface area contributed by atoms with Gasteiger partial charge in [0.15, 0.2) is 0 Å². The number of hydrogen-bond acceptors (Lipinski definition) is 4. The first-order valence-corrected chi connectivity index (χ1v) is 6.85. The number of carbonyl (C=O) groups is 2. The van der Waals surface area contributed by atoms with Crippen LogP contribution in [0, 0.1) is 12.3 Å². The summed E-state index contributed by atoms with van der Waals surface area (Å²) in [5.74, 6) is 0.122. The van der Waals surface area contributed by atoms with Gasteiger partial charge in [0.25, 0.3) is 0 Å². The van der Waals surface area contributed by atoms with Gasteiger partial charge >= 0.3 is 5.97 Å². The summed E-state index contributed by atoms with van der Waals surface area (Å²) >= 11 is 0. The Balaban J connectivity index is 1.90. The Labute approximate surface area is 122 Å². The zero-order valence-electron chi connectivity index (χ0n) is 11.9. The van der Waals surface area contributed by atoms with E-state index in [4.69, 9.17) is 9.15 Å². The van der Waals surface area contributed by atoms with E-state index in [9.17, 15) is 14.7 Å². The van der Waals surface area contributed by atoms with Crippen LogP contribution in [-0.4, -0.2) is 36.7 Å². The number of hydrogen-bond donors (Lipinski definition) is 2. The number of carbonyl (C=O) groups excluding carboxylic acids is 1. The third kappa shape index (κ3) is 3.95. The summed E-state index contributed by atoms with van der Waals surface area (Å²) in [6, 6.07) is 3.56.